The first-order valence-electron chi connectivity index (χ1n) is 9.44. The van der Waals surface area contributed by atoms with Crippen LogP contribution >= 0.6 is 21.6 Å². The molecule has 2 fully saturated rings. The highest BCUT2D eigenvalue weighted by Crippen LogP contribution is 2.41. The van der Waals surface area contributed by atoms with Crippen LogP contribution in [0, 0.1) is 5.41 Å². The lowest BCUT2D eigenvalue weighted by molar-refractivity contribution is -0.158. The predicted octanol–water partition coefficient (Wildman–Crippen LogP) is 1.60. The zero-order valence-corrected chi connectivity index (χ0v) is 18.0. The summed E-state index contributed by atoms with van der Waals surface area (Å²) in [6, 6.07) is -1.32. The third-order valence-electron chi connectivity index (χ3n) is 4.84. The van der Waals surface area contributed by atoms with Crippen molar-refractivity contribution in [1.29, 1.82) is 0 Å². The second-order valence-electron chi connectivity index (χ2n) is 8.26. The minimum Gasteiger partial charge on any atom is -0.458 e. The van der Waals surface area contributed by atoms with Crippen molar-refractivity contribution in [2.24, 2.45) is 11.1 Å². The van der Waals surface area contributed by atoms with Crippen molar-refractivity contribution < 1.29 is 19.1 Å². The normalized spacial score (nSPS) is 27.7. The number of ether oxygens (including phenoxy) is 1. The summed E-state index contributed by atoms with van der Waals surface area (Å²) in [5.41, 5.74) is 4.77. The number of carbonyl (C=O) groups is 3. The van der Waals surface area contributed by atoms with Gasteiger partial charge >= 0.3 is 5.97 Å². The number of carbonyl (C=O) groups excluding carboxylic acids is 3. The van der Waals surface area contributed by atoms with E-state index in [-0.39, 0.29) is 11.8 Å². The Morgan fingerprint density at radius 3 is 2.41 bits per heavy atom. The van der Waals surface area contributed by atoms with E-state index >= 15 is 0 Å². The molecule has 9 heteroatoms. The van der Waals surface area contributed by atoms with E-state index in [2.05, 4.69) is 10.6 Å². The molecule has 0 aromatic heterocycles. The van der Waals surface area contributed by atoms with Gasteiger partial charge in [-0.1, -0.05) is 34.4 Å². The van der Waals surface area contributed by atoms with E-state index in [9.17, 15) is 14.4 Å². The maximum Gasteiger partial charge on any atom is 0.330 e. The van der Waals surface area contributed by atoms with Gasteiger partial charge in [0.25, 0.3) is 0 Å². The van der Waals surface area contributed by atoms with Crippen LogP contribution in [0.4, 0.5) is 0 Å². The Balaban J connectivity index is 2.17. The van der Waals surface area contributed by atoms with Crippen molar-refractivity contribution in [1.82, 2.24) is 10.6 Å². The quantitative estimate of drug-likeness (QED) is 0.439. The van der Waals surface area contributed by atoms with Crippen LogP contribution in [0.15, 0.2) is 0 Å². The summed E-state index contributed by atoms with van der Waals surface area (Å²) in [6.07, 6.45) is 4.04. The summed E-state index contributed by atoms with van der Waals surface area (Å²) < 4.78 is 5.50. The van der Waals surface area contributed by atoms with Gasteiger partial charge in [0.05, 0.1) is 11.5 Å². The standard InChI is InChI=1S/C18H31N3O4S2/c1-17(2,3)25-15(23)13-11-27-26-10-12(19)14(22)20-9-8-18(16(24)21-13)6-4-5-7-18/h12-13H,4-11,19H2,1-3H3,(H,20,22)(H,21,24). The lowest BCUT2D eigenvalue weighted by Gasteiger charge is -2.31. The van der Waals surface area contributed by atoms with E-state index < -0.39 is 29.1 Å². The number of hydrogen-bond donors (Lipinski definition) is 3. The molecule has 4 N–H and O–H groups in total. The minimum absolute atomic E-state index is 0.112. The van der Waals surface area contributed by atoms with Gasteiger partial charge in [-0.05, 0) is 40.0 Å². The molecule has 2 atom stereocenters. The average molecular weight is 418 g/mol. The van der Waals surface area contributed by atoms with Gasteiger partial charge in [0.2, 0.25) is 11.8 Å². The third-order valence-corrected chi connectivity index (χ3v) is 7.29. The number of esters is 1. The molecule has 0 aromatic carbocycles. The van der Waals surface area contributed by atoms with Crippen LogP contribution in [0.3, 0.4) is 0 Å². The Morgan fingerprint density at radius 1 is 1.15 bits per heavy atom. The molecule has 1 spiro atoms. The SMILES string of the molecule is CC(C)(C)OC(=O)C1CSSCC(N)C(=O)NCCC2(CCCC2)C(=O)N1. The lowest BCUT2D eigenvalue weighted by Crippen LogP contribution is -2.51. The molecular weight excluding hydrogens is 386 g/mol. The fraction of sp³-hybridized carbons (Fsp3) is 0.833. The molecule has 0 aromatic rings. The van der Waals surface area contributed by atoms with Crippen LogP contribution in [0.2, 0.25) is 0 Å². The third kappa shape index (κ3) is 6.57. The Labute approximate surface area is 169 Å². The van der Waals surface area contributed by atoms with Crippen molar-refractivity contribution in [3.8, 4) is 0 Å². The second kappa shape index (κ2) is 9.52. The van der Waals surface area contributed by atoms with Crippen LogP contribution in [0.25, 0.3) is 0 Å². The molecular formula is C18H31N3O4S2. The Bertz CT molecular complexity index is 559. The maximum atomic E-state index is 13.1. The van der Waals surface area contributed by atoms with E-state index in [1.165, 1.54) is 21.6 Å². The highest BCUT2D eigenvalue weighted by molar-refractivity contribution is 8.76. The molecule has 1 saturated heterocycles. The largest absolute Gasteiger partial charge is 0.458 e. The second-order valence-corrected chi connectivity index (χ2v) is 10.8. The van der Waals surface area contributed by atoms with Gasteiger partial charge in [-0.2, -0.15) is 0 Å². The first kappa shape index (κ1) is 22.4. The topological polar surface area (TPSA) is 111 Å². The summed E-state index contributed by atoms with van der Waals surface area (Å²) in [4.78, 5) is 37.8. The molecule has 0 bridgehead atoms. The van der Waals surface area contributed by atoms with Crippen molar-refractivity contribution in [2.45, 2.75) is 70.6 Å². The summed E-state index contributed by atoms with van der Waals surface area (Å²) in [6.45, 7) is 5.84. The van der Waals surface area contributed by atoms with Gasteiger partial charge < -0.3 is 21.1 Å². The zero-order chi connectivity index (χ0) is 20.1. The summed E-state index contributed by atoms with van der Waals surface area (Å²) in [5, 5.41) is 5.79. The van der Waals surface area contributed by atoms with Crippen molar-refractivity contribution >= 4 is 39.4 Å². The van der Waals surface area contributed by atoms with Crippen molar-refractivity contribution in [3.63, 3.8) is 0 Å². The Morgan fingerprint density at radius 2 is 1.78 bits per heavy atom. The summed E-state index contributed by atoms with van der Waals surface area (Å²) >= 11 is 0. The fourth-order valence-electron chi connectivity index (χ4n) is 3.36. The molecule has 1 saturated carbocycles. The molecule has 2 rings (SSSR count). The molecule has 0 radical (unpaired) electrons. The fourth-order valence-corrected chi connectivity index (χ4v) is 5.64. The highest BCUT2D eigenvalue weighted by Gasteiger charge is 2.42. The van der Waals surface area contributed by atoms with E-state index in [1.54, 1.807) is 0 Å². The molecule has 1 aliphatic heterocycles. The van der Waals surface area contributed by atoms with Gasteiger partial charge in [-0.15, -0.1) is 0 Å². The maximum absolute atomic E-state index is 13.1. The van der Waals surface area contributed by atoms with Gasteiger partial charge in [0.15, 0.2) is 0 Å². The molecule has 7 nitrogen and oxygen atoms in total. The van der Waals surface area contributed by atoms with E-state index in [0.29, 0.717) is 24.5 Å². The first-order valence-corrected chi connectivity index (χ1v) is 11.9. The van der Waals surface area contributed by atoms with Crippen molar-refractivity contribution in [2.75, 3.05) is 18.1 Å². The number of hydrogen-bond acceptors (Lipinski definition) is 7. The van der Waals surface area contributed by atoms with Gasteiger partial charge in [0, 0.05) is 18.1 Å². The Kier molecular flexibility index (Phi) is 7.88. The van der Waals surface area contributed by atoms with Gasteiger partial charge in [-0.25, -0.2) is 4.79 Å². The number of nitrogens with one attached hydrogen (secondary N) is 2. The zero-order valence-electron chi connectivity index (χ0n) is 16.3. The number of rotatable bonds is 1. The van der Waals surface area contributed by atoms with Crippen LogP contribution in [-0.2, 0) is 19.1 Å². The molecule has 2 unspecified atom stereocenters. The monoisotopic (exact) mass is 417 g/mol. The first-order chi connectivity index (χ1) is 12.6. The van der Waals surface area contributed by atoms with Crippen molar-refractivity contribution in [3.05, 3.63) is 0 Å². The van der Waals surface area contributed by atoms with Gasteiger partial charge in [0.1, 0.15) is 11.6 Å². The van der Waals surface area contributed by atoms with Crippen LogP contribution in [0.1, 0.15) is 52.9 Å². The molecule has 2 amide bonds. The van der Waals surface area contributed by atoms with E-state index in [4.69, 9.17) is 10.5 Å². The Hall–Kier alpha value is -0.930. The number of amides is 2. The van der Waals surface area contributed by atoms with E-state index in [0.717, 1.165) is 25.7 Å². The average Bonchev–Trinajstić information content (AvgIpc) is 3.05. The molecule has 1 heterocycles. The summed E-state index contributed by atoms with van der Waals surface area (Å²) in [7, 11) is 2.84. The number of nitrogens with two attached hydrogens (primary N) is 1. The molecule has 1 aliphatic carbocycles. The minimum atomic E-state index is -0.715. The smallest absolute Gasteiger partial charge is 0.330 e. The van der Waals surface area contributed by atoms with Crippen LogP contribution in [-0.4, -0.2) is 53.5 Å². The molecule has 2 aliphatic rings. The molecule has 27 heavy (non-hydrogen) atoms. The van der Waals surface area contributed by atoms with E-state index in [1.807, 2.05) is 20.8 Å². The van der Waals surface area contributed by atoms with Crippen LogP contribution in [0.5, 0.6) is 0 Å². The predicted molar refractivity (Wildman–Crippen MR) is 109 cm³/mol. The van der Waals surface area contributed by atoms with Crippen LogP contribution < -0.4 is 16.4 Å². The highest BCUT2D eigenvalue weighted by atomic mass is 33.1. The van der Waals surface area contributed by atoms with Gasteiger partial charge in [-0.3, -0.25) is 9.59 Å². The molecule has 154 valence electrons. The lowest BCUT2D eigenvalue weighted by atomic mass is 9.81. The summed E-state index contributed by atoms with van der Waals surface area (Å²) in [5.74, 6) is 0.0798.